The van der Waals surface area contributed by atoms with E-state index in [0.717, 1.165) is 63.5 Å². The Balaban J connectivity index is 1.46. The topological polar surface area (TPSA) is 41.4 Å². The number of fused-ring (bicyclic) bond motifs is 1. The first-order chi connectivity index (χ1) is 12.8. The maximum absolute atomic E-state index is 12.9. The number of para-hydroxylation sites is 2. The largest absolute Gasteiger partial charge is 0.342 e. The van der Waals surface area contributed by atoms with Crippen LogP contribution in [0.2, 0.25) is 0 Å². The van der Waals surface area contributed by atoms with Crippen LogP contribution in [-0.4, -0.2) is 51.4 Å². The number of nitrogens with zero attached hydrogens (tertiary/aromatic N) is 4. The number of likely N-dealkylation sites (tertiary alicyclic amines) is 2. The molecule has 5 heteroatoms. The van der Waals surface area contributed by atoms with Crippen molar-refractivity contribution < 1.29 is 4.79 Å². The summed E-state index contributed by atoms with van der Waals surface area (Å²) >= 11 is 0. The van der Waals surface area contributed by atoms with Crippen LogP contribution in [0.4, 0.5) is 0 Å². The molecule has 1 aromatic heterocycles. The molecule has 0 spiro atoms. The summed E-state index contributed by atoms with van der Waals surface area (Å²) in [6.45, 7) is 7.81. The zero-order valence-corrected chi connectivity index (χ0v) is 15.9. The number of piperidine rings is 2. The van der Waals surface area contributed by atoms with Crippen molar-refractivity contribution in [1.29, 1.82) is 0 Å². The molecular formula is C21H30N4O. The van der Waals surface area contributed by atoms with E-state index < -0.39 is 0 Å². The van der Waals surface area contributed by atoms with Gasteiger partial charge in [0, 0.05) is 26.2 Å². The second kappa shape index (κ2) is 7.78. The van der Waals surface area contributed by atoms with Gasteiger partial charge in [-0.05, 0) is 57.7 Å². The molecule has 2 aliphatic heterocycles. The van der Waals surface area contributed by atoms with E-state index in [1.807, 2.05) is 6.07 Å². The molecule has 1 atom stereocenters. The fourth-order valence-corrected chi connectivity index (χ4v) is 4.57. The van der Waals surface area contributed by atoms with Crippen LogP contribution >= 0.6 is 0 Å². The Labute approximate surface area is 156 Å². The average Bonchev–Trinajstić information content (AvgIpc) is 3.05. The van der Waals surface area contributed by atoms with E-state index in [1.54, 1.807) is 0 Å². The molecule has 0 aliphatic carbocycles. The first kappa shape index (κ1) is 17.5. The molecule has 0 radical (unpaired) electrons. The minimum Gasteiger partial charge on any atom is -0.342 e. The monoisotopic (exact) mass is 354 g/mol. The Hall–Kier alpha value is -1.88. The summed E-state index contributed by atoms with van der Waals surface area (Å²) in [5, 5.41) is 0. The highest BCUT2D eigenvalue weighted by molar-refractivity contribution is 5.79. The van der Waals surface area contributed by atoms with E-state index >= 15 is 0 Å². The number of hydrogen-bond donors (Lipinski definition) is 0. The molecule has 140 valence electrons. The fraction of sp³-hybridized carbons (Fsp3) is 0.619. The third kappa shape index (κ3) is 3.50. The summed E-state index contributed by atoms with van der Waals surface area (Å²) in [7, 11) is 0. The molecule has 1 amide bonds. The summed E-state index contributed by atoms with van der Waals surface area (Å²) in [6, 6.07) is 8.36. The third-order valence-electron chi connectivity index (χ3n) is 5.94. The van der Waals surface area contributed by atoms with Crippen LogP contribution in [-0.2, 0) is 17.9 Å². The first-order valence-electron chi connectivity index (χ1n) is 10.2. The van der Waals surface area contributed by atoms with Crippen LogP contribution in [0.3, 0.4) is 0 Å². The summed E-state index contributed by atoms with van der Waals surface area (Å²) < 4.78 is 2.31. The minimum absolute atomic E-state index is 0.168. The maximum atomic E-state index is 12.9. The molecule has 0 saturated carbocycles. The van der Waals surface area contributed by atoms with E-state index in [0.29, 0.717) is 5.91 Å². The van der Waals surface area contributed by atoms with Crippen molar-refractivity contribution in [3.63, 3.8) is 0 Å². The normalized spacial score (nSPS) is 22.0. The van der Waals surface area contributed by atoms with E-state index in [1.165, 1.54) is 24.8 Å². The smallest absolute Gasteiger partial charge is 0.226 e. The van der Waals surface area contributed by atoms with Gasteiger partial charge >= 0.3 is 0 Å². The first-order valence-corrected chi connectivity index (χ1v) is 10.2. The van der Waals surface area contributed by atoms with Crippen LogP contribution in [0.15, 0.2) is 24.3 Å². The van der Waals surface area contributed by atoms with Gasteiger partial charge in [-0.2, -0.15) is 0 Å². The molecule has 0 unspecified atom stereocenters. The lowest BCUT2D eigenvalue weighted by Crippen LogP contribution is -2.46. The summed E-state index contributed by atoms with van der Waals surface area (Å²) in [5.74, 6) is 1.68. The quantitative estimate of drug-likeness (QED) is 0.846. The molecule has 26 heavy (non-hydrogen) atoms. The summed E-state index contributed by atoms with van der Waals surface area (Å²) in [4.78, 5) is 22.3. The van der Waals surface area contributed by atoms with Crippen LogP contribution in [0.25, 0.3) is 11.0 Å². The van der Waals surface area contributed by atoms with Crippen LogP contribution in [0.1, 0.15) is 44.9 Å². The molecule has 0 bridgehead atoms. The average molecular weight is 354 g/mol. The molecule has 3 heterocycles. The van der Waals surface area contributed by atoms with E-state index in [9.17, 15) is 4.79 Å². The molecule has 0 N–H and O–H groups in total. The predicted molar refractivity (Wildman–Crippen MR) is 104 cm³/mol. The van der Waals surface area contributed by atoms with Crippen LogP contribution < -0.4 is 0 Å². The van der Waals surface area contributed by atoms with Crippen molar-refractivity contribution in [3.8, 4) is 0 Å². The Kier molecular flexibility index (Phi) is 5.25. The molecule has 5 nitrogen and oxygen atoms in total. The predicted octanol–water partition coefficient (Wildman–Crippen LogP) is 3.28. The van der Waals surface area contributed by atoms with Crippen LogP contribution in [0.5, 0.6) is 0 Å². The molecule has 4 rings (SSSR count). The lowest BCUT2D eigenvalue weighted by atomic mass is 9.95. The Morgan fingerprint density at radius 2 is 1.92 bits per heavy atom. The Morgan fingerprint density at radius 3 is 2.73 bits per heavy atom. The van der Waals surface area contributed by atoms with Crippen molar-refractivity contribution >= 4 is 16.9 Å². The van der Waals surface area contributed by atoms with Gasteiger partial charge in [0.1, 0.15) is 5.82 Å². The number of amides is 1. The number of imidazole rings is 1. The number of carbonyl (C=O) groups is 1. The van der Waals surface area contributed by atoms with Crippen molar-refractivity contribution in [3.05, 3.63) is 30.1 Å². The van der Waals surface area contributed by atoms with E-state index in [2.05, 4.69) is 39.5 Å². The fourth-order valence-electron chi connectivity index (χ4n) is 4.57. The molecule has 2 fully saturated rings. The van der Waals surface area contributed by atoms with Gasteiger partial charge in [0.05, 0.1) is 23.5 Å². The Bertz CT molecular complexity index is 762. The van der Waals surface area contributed by atoms with Gasteiger partial charge in [-0.15, -0.1) is 0 Å². The lowest BCUT2D eigenvalue weighted by molar-refractivity contribution is -0.138. The zero-order valence-electron chi connectivity index (χ0n) is 15.9. The summed E-state index contributed by atoms with van der Waals surface area (Å²) in [6.07, 6.45) is 5.76. The van der Waals surface area contributed by atoms with Crippen molar-refractivity contribution in [2.24, 2.45) is 5.92 Å². The summed E-state index contributed by atoms with van der Waals surface area (Å²) in [5.41, 5.74) is 2.28. The van der Waals surface area contributed by atoms with Gasteiger partial charge in [0.15, 0.2) is 0 Å². The minimum atomic E-state index is 0.168. The number of benzene rings is 1. The second-order valence-electron chi connectivity index (χ2n) is 7.72. The van der Waals surface area contributed by atoms with Gasteiger partial charge < -0.3 is 9.47 Å². The molecular weight excluding hydrogens is 324 g/mol. The number of carbonyl (C=O) groups excluding carboxylic acids is 1. The number of rotatable bonds is 4. The molecule has 2 aromatic rings. The Morgan fingerprint density at radius 1 is 1.12 bits per heavy atom. The molecule has 2 saturated heterocycles. The van der Waals surface area contributed by atoms with Crippen molar-refractivity contribution in [2.45, 2.75) is 52.1 Å². The van der Waals surface area contributed by atoms with Gasteiger partial charge in [-0.25, -0.2) is 4.98 Å². The molecule has 1 aromatic carbocycles. The standard InChI is InChI=1S/C21H30N4O/c1-2-25-19-11-5-4-10-18(19)22-20(25)16-23-12-8-9-17(15-23)21(26)24-13-6-3-7-14-24/h4-5,10-11,17H,2-3,6-9,12-16H2,1H3/t17-/m1/s1. The van der Waals surface area contributed by atoms with Gasteiger partial charge in [-0.3, -0.25) is 9.69 Å². The van der Waals surface area contributed by atoms with Gasteiger partial charge in [0.2, 0.25) is 5.91 Å². The second-order valence-corrected chi connectivity index (χ2v) is 7.72. The van der Waals surface area contributed by atoms with Crippen molar-refractivity contribution in [1.82, 2.24) is 19.4 Å². The van der Waals surface area contributed by atoms with E-state index in [4.69, 9.17) is 4.98 Å². The highest BCUT2D eigenvalue weighted by Gasteiger charge is 2.30. The third-order valence-corrected chi connectivity index (χ3v) is 5.94. The van der Waals surface area contributed by atoms with Crippen molar-refractivity contribution in [2.75, 3.05) is 26.2 Å². The highest BCUT2D eigenvalue weighted by Crippen LogP contribution is 2.24. The van der Waals surface area contributed by atoms with E-state index in [-0.39, 0.29) is 5.92 Å². The zero-order chi connectivity index (χ0) is 17.9. The SMILES string of the molecule is CCn1c(CN2CCC[C@@H](C(=O)N3CCCCC3)C2)nc2ccccc21. The lowest BCUT2D eigenvalue weighted by Gasteiger charge is -2.36. The number of aryl methyl sites for hydroxylation is 1. The molecule has 2 aliphatic rings. The van der Waals surface area contributed by atoms with Gasteiger partial charge in [0.25, 0.3) is 0 Å². The van der Waals surface area contributed by atoms with Gasteiger partial charge in [-0.1, -0.05) is 12.1 Å². The number of hydrogen-bond acceptors (Lipinski definition) is 3. The number of aromatic nitrogens is 2. The maximum Gasteiger partial charge on any atom is 0.226 e. The van der Waals surface area contributed by atoms with Crippen LogP contribution in [0, 0.1) is 5.92 Å². The highest BCUT2D eigenvalue weighted by atomic mass is 16.2.